The van der Waals surface area contributed by atoms with Crippen LogP contribution in [0.1, 0.15) is 11.1 Å². The number of nitrogens with zero attached hydrogens (tertiary/aromatic N) is 1. The second kappa shape index (κ2) is 7.99. The van der Waals surface area contributed by atoms with Gasteiger partial charge >= 0.3 is 0 Å². The molecule has 1 N–H and O–H groups in total. The van der Waals surface area contributed by atoms with Crippen molar-refractivity contribution in [2.24, 2.45) is 4.99 Å². The zero-order chi connectivity index (χ0) is 18.6. The molecule has 0 atom stereocenters. The van der Waals surface area contributed by atoms with E-state index in [1.54, 1.807) is 0 Å². The number of nitrogens with one attached hydrogen (secondary N) is 1. The highest BCUT2D eigenvalue weighted by atomic mass is 35.5. The van der Waals surface area contributed by atoms with E-state index in [0.717, 1.165) is 35.6 Å². The van der Waals surface area contributed by atoms with Crippen molar-refractivity contribution < 1.29 is 0 Å². The van der Waals surface area contributed by atoms with Gasteiger partial charge in [-0.3, -0.25) is 4.99 Å². The number of rotatable bonds is 3. The van der Waals surface area contributed by atoms with Gasteiger partial charge in [0.05, 0.1) is 28.0 Å². The first-order valence-corrected chi connectivity index (χ1v) is 9.58. The number of anilines is 1. The molecule has 4 rings (SSSR count). The molecule has 0 radical (unpaired) electrons. The molecule has 2 nitrogen and oxygen atoms in total. The largest absolute Gasteiger partial charge is 0.382 e. The summed E-state index contributed by atoms with van der Waals surface area (Å²) in [5.41, 5.74) is 6.55. The molecule has 0 amide bonds. The number of allylic oxidation sites excluding steroid dienone is 1. The maximum Gasteiger partial charge on any atom is 0.0668 e. The molecule has 0 saturated carbocycles. The third-order valence-electron chi connectivity index (χ3n) is 4.50. The maximum absolute atomic E-state index is 6.13. The van der Waals surface area contributed by atoms with E-state index in [0.29, 0.717) is 10.0 Å². The molecule has 0 aliphatic carbocycles. The third kappa shape index (κ3) is 3.92. The Morgan fingerprint density at radius 3 is 2.44 bits per heavy atom. The van der Waals surface area contributed by atoms with Gasteiger partial charge in [0.15, 0.2) is 0 Å². The highest BCUT2D eigenvalue weighted by molar-refractivity contribution is 6.42. The second-order valence-corrected chi connectivity index (χ2v) is 7.11. The number of para-hydroxylation sites is 1. The van der Waals surface area contributed by atoms with Crippen LogP contribution < -0.4 is 5.32 Å². The number of benzene rings is 3. The van der Waals surface area contributed by atoms with E-state index in [-0.39, 0.29) is 0 Å². The van der Waals surface area contributed by atoms with Crippen LogP contribution >= 0.6 is 23.2 Å². The third-order valence-corrected chi connectivity index (χ3v) is 5.24. The standard InChI is InChI=1S/C23H18Cl2N2/c24-20-11-9-16(15-21(20)25)10-12-22-19-8-4-7-18(17-5-2-1-3-6-17)23(19)27-14-13-26-22/h1-12,15,27H,13-14H2/b12-10+. The molecule has 0 saturated heterocycles. The number of hydrogen-bond donors (Lipinski definition) is 1. The van der Waals surface area contributed by atoms with Gasteiger partial charge in [0.1, 0.15) is 0 Å². The molecular formula is C23H18Cl2N2. The molecular weight excluding hydrogens is 375 g/mol. The average Bonchev–Trinajstić information content (AvgIpc) is 2.92. The molecule has 3 aromatic rings. The molecule has 134 valence electrons. The van der Waals surface area contributed by atoms with E-state index in [2.05, 4.69) is 47.8 Å². The summed E-state index contributed by atoms with van der Waals surface area (Å²) in [6.45, 7) is 1.53. The SMILES string of the molecule is Clc1ccc(/C=C/C2=NCCNc3c2cccc3-c2ccccc2)cc1Cl. The van der Waals surface area contributed by atoms with Crippen LogP contribution in [0.5, 0.6) is 0 Å². The summed E-state index contributed by atoms with van der Waals surface area (Å²) in [6.07, 6.45) is 4.06. The fraction of sp³-hybridized carbons (Fsp3) is 0.0870. The highest BCUT2D eigenvalue weighted by Gasteiger charge is 2.15. The van der Waals surface area contributed by atoms with Crippen molar-refractivity contribution in [3.05, 3.63) is 94.0 Å². The van der Waals surface area contributed by atoms with Gasteiger partial charge in [0.25, 0.3) is 0 Å². The van der Waals surface area contributed by atoms with Crippen molar-refractivity contribution in [1.29, 1.82) is 0 Å². The number of hydrogen-bond acceptors (Lipinski definition) is 2. The number of aliphatic imine (C=N–C) groups is 1. The van der Waals surface area contributed by atoms with E-state index in [9.17, 15) is 0 Å². The quantitative estimate of drug-likeness (QED) is 0.533. The maximum atomic E-state index is 6.13. The molecule has 0 bridgehead atoms. The lowest BCUT2D eigenvalue weighted by molar-refractivity contribution is 1.04. The van der Waals surface area contributed by atoms with Gasteiger partial charge in [-0.05, 0) is 29.3 Å². The van der Waals surface area contributed by atoms with Crippen LogP contribution in [0, 0.1) is 0 Å². The van der Waals surface area contributed by atoms with Gasteiger partial charge in [-0.2, -0.15) is 0 Å². The van der Waals surface area contributed by atoms with Crippen molar-refractivity contribution in [3.8, 4) is 11.1 Å². The van der Waals surface area contributed by atoms with Gasteiger partial charge in [-0.1, -0.05) is 83.9 Å². The van der Waals surface area contributed by atoms with Crippen molar-refractivity contribution in [2.45, 2.75) is 0 Å². The minimum Gasteiger partial charge on any atom is -0.382 e. The predicted molar refractivity (Wildman–Crippen MR) is 117 cm³/mol. The van der Waals surface area contributed by atoms with Gasteiger partial charge in [0, 0.05) is 17.7 Å². The molecule has 0 spiro atoms. The number of halogens is 2. The molecule has 4 heteroatoms. The number of fused-ring (bicyclic) bond motifs is 1. The molecule has 0 fully saturated rings. The van der Waals surface area contributed by atoms with E-state index in [1.807, 2.05) is 36.4 Å². The Kier molecular flexibility index (Phi) is 5.28. The summed E-state index contributed by atoms with van der Waals surface area (Å²) in [4.78, 5) is 4.76. The van der Waals surface area contributed by atoms with Crippen molar-refractivity contribution >= 4 is 40.7 Å². The van der Waals surface area contributed by atoms with Crippen LogP contribution in [-0.2, 0) is 0 Å². The Bertz CT molecular complexity index is 1020. The zero-order valence-electron chi connectivity index (χ0n) is 14.6. The molecule has 1 heterocycles. The summed E-state index contributed by atoms with van der Waals surface area (Å²) >= 11 is 12.1. The molecule has 27 heavy (non-hydrogen) atoms. The summed E-state index contributed by atoms with van der Waals surface area (Å²) in [5.74, 6) is 0. The molecule has 0 aromatic heterocycles. The Labute approximate surface area is 169 Å². The highest BCUT2D eigenvalue weighted by Crippen LogP contribution is 2.32. The van der Waals surface area contributed by atoms with Crippen LogP contribution in [0.3, 0.4) is 0 Å². The van der Waals surface area contributed by atoms with Crippen LogP contribution in [-0.4, -0.2) is 18.8 Å². The van der Waals surface area contributed by atoms with Gasteiger partial charge in [-0.25, -0.2) is 0 Å². The Morgan fingerprint density at radius 2 is 1.63 bits per heavy atom. The first-order valence-electron chi connectivity index (χ1n) is 8.82. The Hall–Kier alpha value is -2.55. The number of benzodiazepines with no additional fused rings is 1. The summed E-state index contributed by atoms with van der Waals surface area (Å²) < 4.78 is 0. The van der Waals surface area contributed by atoms with Crippen molar-refractivity contribution in [1.82, 2.24) is 0 Å². The predicted octanol–water partition coefficient (Wildman–Crippen LogP) is 6.59. The minimum absolute atomic E-state index is 0.551. The first kappa shape index (κ1) is 17.8. The van der Waals surface area contributed by atoms with E-state index in [1.165, 1.54) is 11.1 Å². The van der Waals surface area contributed by atoms with Gasteiger partial charge < -0.3 is 5.32 Å². The van der Waals surface area contributed by atoms with E-state index in [4.69, 9.17) is 28.2 Å². The van der Waals surface area contributed by atoms with Gasteiger partial charge in [0.2, 0.25) is 0 Å². The average molecular weight is 393 g/mol. The van der Waals surface area contributed by atoms with E-state index < -0.39 is 0 Å². The smallest absolute Gasteiger partial charge is 0.0668 e. The van der Waals surface area contributed by atoms with Crippen LogP contribution in [0.25, 0.3) is 17.2 Å². The van der Waals surface area contributed by atoms with Crippen LogP contribution in [0.15, 0.2) is 77.8 Å². The van der Waals surface area contributed by atoms with Crippen molar-refractivity contribution in [2.75, 3.05) is 18.4 Å². The minimum atomic E-state index is 0.551. The monoisotopic (exact) mass is 392 g/mol. The van der Waals surface area contributed by atoms with Crippen LogP contribution in [0.2, 0.25) is 10.0 Å². The lowest BCUT2D eigenvalue weighted by Crippen LogP contribution is -2.05. The molecule has 1 aliphatic heterocycles. The Balaban J connectivity index is 1.73. The summed E-state index contributed by atoms with van der Waals surface area (Å²) in [6, 6.07) is 22.4. The topological polar surface area (TPSA) is 24.4 Å². The fourth-order valence-electron chi connectivity index (χ4n) is 3.19. The fourth-order valence-corrected chi connectivity index (χ4v) is 3.50. The summed E-state index contributed by atoms with van der Waals surface area (Å²) in [7, 11) is 0. The molecule has 3 aromatic carbocycles. The van der Waals surface area contributed by atoms with Crippen molar-refractivity contribution in [3.63, 3.8) is 0 Å². The molecule has 0 unspecified atom stereocenters. The lowest BCUT2D eigenvalue weighted by Gasteiger charge is -2.14. The van der Waals surface area contributed by atoms with E-state index >= 15 is 0 Å². The van der Waals surface area contributed by atoms with Gasteiger partial charge in [-0.15, -0.1) is 0 Å². The molecule has 1 aliphatic rings. The first-order chi connectivity index (χ1) is 13.2. The summed E-state index contributed by atoms with van der Waals surface area (Å²) in [5, 5.41) is 4.66. The lowest BCUT2D eigenvalue weighted by atomic mass is 9.97. The second-order valence-electron chi connectivity index (χ2n) is 6.29. The van der Waals surface area contributed by atoms with Crippen LogP contribution in [0.4, 0.5) is 5.69 Å². The Morgan fingerprint density at radius 1 is 0.815 bits per heavy atom. The zero-order valence-corrected chi connectivity index (χ0v) is 16.1. The normalized spacial score (nSPS) is 13.6.